The molecule has 0 saturated carbocycles. The highest BCUT2D eigenvalue weighted by molar-refractivity contribution is 7.10. The highest BCUT2D eigenvalue weighted by Gasteiger charge is 2.11. The van der Waals surface area contributed by atoms with Crippen LogP contribution in [0.4, 0.5) is 10.7 Å². The van der Waals surface area contributed by atoms with Crippen molar-refractivity contribution in [3.05, 3.63) is 35.5 Å². The molecule has 2 aromatic rings. The minimum Gasteiger partial charge on any atom is -0.368 e. The first-order chi connectivity index (χ1) is 8.22. The van der Waals surface area contributed by atoms with Crippen LogP contribution in [0.3, 0.4) is 0 Å². The van der Waals surface area contributed by atoms with Gasteiger partial charge in [-0.3, -0.25) is 0 Å². The molecule has 2 rings (SSSR count). The molecule has 0 amide bonds. The van der Waals surface area contributed by atoms with Gasteiger partial charge in [-0.2, -0.15) is 0 Å². The Balaban J connectivity index is 2.17. The van der Waals surface area contributed by atoms with Crippen LogP contribution in [0.15, 0.2) is 24.3 Å². The molecule has 0 bridgehead atoms. The molecule has 1 aromatic carbocycles. The van der Waals surface area contributed by atoms with Crippen molar-refractivity contribution in [3.63, 3.8) is 0 Å². The molecule has 1 aromatic heterocycles. The van der Waals surface area contributed by atoms with E-state index in [1.54, 1.807) is 0 Å². The molecular weight excluding hydrogens is 234 g/mol. The van der Waals surface area contributed by atoms with E-state index >= 15 is 0 Å². The van der Waals surface area contributed by atoms with E-state index in [2.05, 4.69) is 39.0 Å². The summed E-state index contributed by atoms with van der Waals surface area (Å²) in [6.07, 6.45) is 0. The van der Waals surface area contributed by atoms with E-state index in [-0.39, 0.29) is 0 Å². The number of anilines is 2. The second kappa shape index (κ2) is 5.11. The van der Waals surface area contributed by atoms with E-state index in [1.165, 1.54) is 22.8 Å². The van der Waals surface area contributed by atoms with Gasteiger partial charge in [-0.25, -0.2) is 5.84 Å². The summed E-state index contributed by atoms with van der Waals surface area (Å²) >= 11 is 1.27. The zero-order valence-corrected chi connectivity index (χ0v) is 10.7. The van der Waals surface area contributed by atoms with Gasteiger partial charge in [0.25, 0.3) is 0 Å². The van der Waals surface area contributed by atoms with Crippen molar-refractivity contribution in [1.29, 1.82) is 0 Å². The van der Waals surface area contributed by atoms with Crippen LogP contribution in [0.2, 0.25) is 0 Å². The van der Waals surface area contributed by atoms with Gasteiger partial charge in [-0.1, -0.05) is 22.7 Å². The van der Waals surface area contributed by atoms with E-state index in [1.807, 2.05) is 19.2 Å². The fraction of sp³-hybridized carbons (Fsp3) is 0.273. The molecule has 0 aliphatic rings. The van der Waals surface area contributed by atoms with Crippen molar-refractivity contribution in [2.75, 3.05) is 17.4 Å². The molecular formula is C11H15N5S. The summed E-state index contributed by atoms with van der Waals surface area (Å²) in [5.74, 6) is 5.40. The summed E-state index contributed by atoms with van der Waals surface area (Å²) in [4.78, 5) is 2.13. The van der Waals surface area contributed by atoms with Crippen molar-refractivity contribution in [1.82, 2.24) is 9.59 Å². The van der Waals surface area contributed by atoms with Crippen molar-refractivity contribution >= 4 is 22.2 Å². The number of para-hydroxylation sites is 1. The topological polar surface area (TPSA) is 67.1 Å². The van der Waals surface area contributed by atoms with Crippen LogP contribution in [0.1, 0.15) is 11.3 Å². The van der Waals surface area contributed by atoms with E-state index in [4.69, 9.17) is 5.84 Å². The summed E-state index contributed by atoms with van der Waals surface area (Å²) in [6, 6.07) is 8.24. The SMILES string of the molecule is Cc1ccccc1N(C)Cc1nnsc1NN. The number of aryl methyl sites for hydroxylation is 1. The normalized spacial score (nSPS) is 10.3. The Hall–Kier alpha value is -1.66. The van der Waals surface area contributed by atoms with Crippen molar-refractivity contribution in [2.45, 2.75) is 13.5 Å². The number of aromatic nitrogens is 2. The first kappa shape index (κ1) is 11.8. The fourth-order valence-electron chi connectivity index (χ4n) is 1.72. The molecule has 0 atom stereocenters. The van der Waals surface area contributed by atoms with Gasteiger partial charge in [0.15, 0.2) is 0 Å². The summed E-state index contributed by atoms with van der Waals surface area (Å²) < 4.78 is 3.88. The molecule has 0 fully saturated rings. The zero-order chi connectivity index (χ0) is 12.3. The van der Waals surface area contributed by atoms with Crippen LogP contribution < -0.4 is 16.2 Å². The molecule has 1 heterocycles. The number of nitrogens with two attached hydrogens (primary N) is 1. The number of nitrogens with one attached hydrogen (secondary N) is 1. The number of nitrogens with zero attached hydrogens (tertiary/aromatic N) is 3. The zero-order valence-electron chi connectivity index (χ0n) is 9.84. The second-order valence-electron chi connectivity index (χ2n) is 3.84. The lowest BCUT2D eigenvalue weighted by atomic mass is 10.2. The minimum atomic E-state index is 0.681. The molecule has 0 radical (unpaired) electrons. The molecule has 5 nitrogen and oxygen atoms in total. The molecule has 6 heteroatoms. The molecule has 17 heavy (non-hydrogen) atoms. The number of nitrogen functional groups attached to an aromatic ring is 1. The van der Waals surface area contributed by atoms with Crippen LogP contribution in [0.25, 0.3) is 0 Å². The largest absolute Gasteiger partial charge is 0.368 e. The fourth-order valence-corrected chi connectivity index (χ4v) is 2.21. The van der Waals surface area contributed by atoms with Gasteiger partial charge < -0.3 is 10.3 Å². The third kappa shape index (κ3) is 2.54. The standard InChI is InChI=1S/C11H15N5S/c1-8-5-3-4-6-10(8)16(2)7-9-11(13-12)17-15-14-9/h3-6,13H,7,12H2,1-2H3. The molecule has 90 valence electrons. The Kier molecular flexibility index (Phi) is 3.55. The quantitative estimate of drug-likeness (QED) is 0.638. The van der Waals surface area contributed by atoms with E-state index < -0.39 is 0 Å². The van der Waals surface area contributed by atoms with E-state index in [0.717, 1.165) is 10.7 Å². The van der Waals surface area contributed by atoms with Gasteiger partial charge in [-0.15, -0.1) is 5.10 Å². The molecule has 0 aliphatic carbocycles. The summed E-state index contributed by atoms with van der Waals surface area (Å²) in [5, 5.41) is 4.88. The van der Waals surface area contributed by atoms with Gasteiger partial charge in [0.05, 0.1) is 6.54 Å². The lowest BCUT2D eigenvalue weighted by molar-refractivity contribution is 0.869. The summed E-state index contributed by atoms with van der Waals surface area (Å²) in [5.41, 5.74) is 5.90. The van der Waals surface area contributed by atoms with Crippen LogP contribution in [0, 0.1) is 6.92 Å². The maximum Gasteiger partial charge on any atom is 0.149 e. The lowest BCUT2D eigenvalue weighted by Gasteiger charge is -2.20. The second-order valence-corrected chi connectivity index (χ2v) is 4.59. The van der Waals surface area contributed by atoms with Gasteiger partial charge in [0.2, 0.25) is 0 Å². The third-order valence-corrected chi connectivity index (χ3v) is 3.30. The Morgan fingerprint density at radius 2 is 2.18 bits per heavy atom. The maximum absolute atomic E-state index is 5.40. The number of hydrogen-bond donors (Lipinski definition) is 2. The number of hydrogen-bond acceptors (Lipinski definition) is 6. The van der Waals surface area contributed by atoms with Crippen molar-refractivity contribution in [3.8, 4) is 0 Å². The van der Waals surface area contributed by atoms with E-state index in [0.29, 0.717) is 6.54 Å². The van der Waals surface area contributed by atoms with Gasteiger partial charge in [-0.05, 0) is 18.6 Å². The van der Waals surface area contributed by atoms with Gasteiger partial charge in [0, 0.05) is 24.3 Å². The highest BCUT2D eigenvalue weighted by Crippen LogP contribution is 2.23. The Labute approximate surface area is 104 Å². The number of hydrazine groups is 1. The molecule has 0 spiro atoms. The van der Waals surface area contributed by atoms with Crippen molar-refractivity contribution < 1.29 is 0 Å². The monoisotopic (exact) mass is 249 g/mol. The molecule has 3 N–H and O–H groups in total. The first-order valence-electron chi connectivity index (χ1n) is 5.27. The predicted octanol–water partition coefficient (Wildman–Crippen LogP) is 1.77. The molecule has 0 saturated heterocycles. The maximum atomic E-state index is 5.40. The highest BCUT2D eigenvalue weighted by atomic mass is 32.1. The van der Waals surface area contributed by atoms with Crippen molar-refractivity contribution in [2.24, 2.45) is 5.84 Å². The van der Waals surface area contributed by atoms with Gasteiger partial charge in [0.1, 0.15) is 10.7 Å². The Bertz CT molecular complexity index is 496. The predicted molar refractivity (Wildman–Crippen MR) is 71.0 cm³/mol. The lowest BCUT2D eigenvalue weighted by Crippen LogP contribution is -2.19. The molecule has 0 aliphatic heterocycles. The van der Waals surface area contributed by atoms with Crippen LogP contribution >= 0.6 is 11.5 Å². The number of rotatable bonds is 4. The average Bonchev–Trinajstić information content (AvgIpc) is 2.76. The van der Waals surface area contributed by atoms with Crippen LogP contribution in [-0.2, 0) is 6.54 Å². The minimum absolute atomic E-state index is 0.681. The van der Waals surface area contributed by atoms with E-state index in [9.17, 15) is 0 Å². The smallest absolute Gasteiger partial charge is 0.149 e. The van der Waals surface area contributed by atoms with Crippen LogP contribution in [-0.4, -0.2) is 16.6 Å². The number of benzene rings is 1. The first-order valence-corrected chi connectivity index (χ1v) is 6.04. The Morgan fingerprint density at radius 3 is 2.88 bits per heavy atom. The molecule has 0 unspecified atom stereocenters. The average molecular weight is 249 g/mol. The Morgan fingerprint density at radius 1 is 1.41 bits per heavy atom. The van der Waals surface area contributed by atoms with Gasteiger partial charge >= 0.3 is 0 Å². The summed E-state index contributed by atoms with van der Waals surface area (Å²) in [7, 11) is 2.03. The summed E-state index contributed by atoms with van der Waals surface area (Å²) in [6.45, 7) is 2.77. The van der Waals surface area contributed by atoms with Crippen LogP contribution in [0.5, 0.6) is 0 Å². The third-order valence-electron chi connectivity index (χ3n) is 2.60.